The molecule has 33 heavy (non-hydrogen) atoms. The molecule has 0 radical (unpaired) electrons. The highest BCUT2D eigenvalue weighted by Gasteiger charge is 2.42. The van der Waals surface area contributed by atoms with Crippen molar-refractivity contribution >= 4 is 17.7 Å². The highest BCUT2D eigenvalue weighted by atomic mass is 16.3. The molecule has 6 rings (SSSR count). The Balaban J connectivity index is 1.14. The SMILES string of the molecule is O=C(CNC(=O)CNC(=O)c1ccco1)NC[C@H]1CC2c3ccccc3C1c1ccccc12. The normalized spacial score (nSPS) is 19.8. The van der Waals surface area contributed by atoms with Gasteiger partial charge in [0.05, 0.1) is 19.4 Å². The minimum Gasteiger partial charge on any atom is -0.459 e. The maximum absolute atomic E-state index is 12.4. The second-order valence-corrected chi connectivity index (χ2v) is 8.52. The molecule has 0 saturated heterocycles. The molecular formula is C26H25N3O4. The van der Waals surface area contributed by atoms with Gasteiger partial charge in [0.2, 0.25) is 11.8 Å². The largest absolute Gasteiger partial charge is 0.459 e. The van der Waals surface area contributed by atoms with Crippen LogP contribution in [0.2, 0.25) is 0 Å². The van der Waals surface area contributed by atoms with Crippen LogP contribution in [0.25, 0.3) is 0 Å². The van der Waals surface area contributed by atoms with Gasteiger partial charge in [0.15, 0.2) is 5.76 Å². The topological polar surface area (TPSA) is 100 Å². The van der Waals surface area contributed by atoms with E-state index in [9.17, 15) is 14.4 Å². The lowest BCUT2D eigenvalue weighted by molar-refractivity contribution is -0.125. The van der Waals surface area contributed by atoms with Crippen molar-refractivity contribution in [3.8, 4) is 0 Å². The predicted molar refractivity (Wildman–Crippen MR) is 122 cm³/mol. The summed E-state index contributed by atoms with van der Waals surface area (Å²) in [6.45, 7) is 0.184. The number of furan rings is 1. The molecule has 3 aromatic rings. The number of nitrogens with one attached hydrogen (secondary N) is 3. The molecule has 1 heterocycles. The maximum Gasteiger partial charge on any atom is 0.287 e. The van der Waals surface area contributed by atoms with Crippen molar-refractivity contribution in [3.63, 3.8) is 0 Å². The first-order chi connectivity index (χ1) is 16.1. The van der Waals surface area contributed by atoms with E-state index in [1.165, 1.54) is 34.6 Å². The number of hydrogen-bond donors (Lipinski definition) is 3. The van der Waals surface area contributed by atoms with E-state index < -0.39 is 11.8 Å². The minimum atomic E-state index is -0.479. The monoisotopic (exact) mass is 443 g/mol. The van der Waals surface area contributed by atoms with Gasteiger partial charge in [0, 0.05) is 18.4 Å². The fourth-order valence-electron chi connectivity index (χ4n) is 5.16. The van der Waals surface area contributed by atoms with E-state index in [0.717, 1.165) is 6.42 Å². The molecule has 3 amide bonds. The van der Waals surface area contributed by atoms with Gasteiger partial charge in [0.1, 0.15) is 0 Å². The Kier molecular flexibility index (Phi) is 5.69. The fourth-order valence-corrected chi connectivity index (χ4v) is 5.16. The average Bonchev–Trinajstić information content (AvgIpc) is 3.40. The van der Waals surface area contributed by atoms with Crippen LogP contribution < -0.4 is 16.0 Å². The molecule has 7 heteroatoms. The molecule has 3 aliphatic rings. The van der Waals surface area contributed by atoms with Crippen molar-refractivity contribution in [2.45, 2.75) is 18.3 Å². The van der Waals surface area contributed by atoms with Gasteiger partial charge >= 0.3 is 0 Å². The van der Waals surface area contributed by atoms with Gasteiger partial charge in [-0.3, -0.25) is 14.4 Å². The summed E-state index contributed by atoms with van der Waals surface area (Å²) in [6, 6.07) is 20.3. The molecule has 2 bridgehead atoms. The summed E-state index contributed by atoms with van der Waals surface area (Å²) < 4.78 is 4.97. The first-order valence-corrected chi connectivity index (χ1v) is 11.1. The molecule has 0 fully saturated rings. The Morgan fingerprint density at radius 3 is 2.00 bits per heavy atom. The van der Waals surface area contributed by atoms with Gasteiger partial charge in [-0.15, -0.1) is 0 Å². The molecule has 7 nitrogen and oxygen atoms in total. The number of carbonyl (C=O) groups excluding carboxylic acids is 3. The summed E-state index contributed by atoms with van der Waals surface area (Å²) in [4.78, 5) is 36.2. The Morgan fingerprint density at radius 1 is 0.758 bits per heavy atom. The molecule has 1 atom stereocenters. The second kappa shape index (κ2) is 8.94. The smallest absolute Gasteiger partial charge is 0.287 e. The predicted octanol–water partition coefficient (Wildman–Crippen LogP) is 2.54. The van der Waals surface area contributed by atoms with Gasteiger partial charge in [-0.25, -0.2) is 0 Å². The van der Waals surface area contributed by atoms with E-state index in [1.807, 2.05) is 0 Å². The van der Waals surface area contributed by atoms with Crippen LogP contribution in [0.4, 0.5) is 0 Å². The number of amides is 3. The highest BCUT2D eigenvalue weighted by Crippen LogP contribution is 2.55. The summed E-state index contributed by atoms with van der Waals surface area (Å²) in [5.74, 6) is -0.130. The van der Waals surface area contributed by atoms with Gasteiger partial charge in [0.25, 0.3) is 5.91 Å². The van der Waals surface area contributed by atoms with E-state index in [0.29, 0.717) is 18.4 Å². The molecule has 0 aliphatic heterocycles. The minimum absolute atomic E-state index is 0.130. The molecule has 3 aliphatic carbocycles. The van der Waals surface area contributed by atoms with E-state index in [2.05, 4.69) is 64.5 Å². The lowest BCUT2D eigenvalue weighted by atomic mass is 9.59. The Bertz CT molecular complexity index is 1140. The summed E-state index contributed by atoms with van der Waals surface area (Å²) >= 11 is 0. The quantitative estimate of drug-likeness (QED) is 0.522. The third kappa shape index (κ3) is 4.14. The van der Waals surface area contributed by atoms with Crippen LogP contribution in [0.1, 0.15) is 51.1 Å². The number of rotatable bonds is 7. The molecule has 1 aromatic heterocycles. The van der Waals surface area contributed by atoms with Crippen molar-refractivity contribution in [2.75, 3.05) is 19.6 Å². The van der Waals surface area contributed by atoms with Crippen LogP contribution in [-0.2, 0) is 9.59 Å². The zero-order chi connectivity index (χ0) is 22.8. The molecule has 168 valence electrons. The summed E-state index contributed by atoms with van der Waals surface area (Å²) in [5, 5.41) is 7.98. The lowest BCUT2D eigenvalue weighted by Crippen LogP contribution is -2.44. The van der Waals surface area contributed by atoms with E-state index in [-0.39, 0.29) is 30.7 Å². The van der Waals surface area contributed by atoms with Crippen LogP contribution in [0.15, 0.2) is 71.3 Å². The molecule has 2 aromatic carbocycles. The third-order valence-corrected chi connectivity index (χ3v) is 6.58. The molecule has 0 spiro atoms. The van der Waals surface area contributed by atoms with Crippen LogP contribution in [0, 0.1) is 5.92 Å². The fraction of sp³-hybridized carbons (Fsp3) is 0.269. The Morgan fingerprint density at radius 2 is 1.36 bits per heavy atom. The summed E-state index contributed by atoms with van der Waals surface area (Å²) in [6.07, 6.45) is 2.37. The lowest BCUT2D eigenvalue weighted by Gasteiger charge is -2.45. The van der Waals surface area contributed by atoms with Crippen LogP contribution in [0.3, 0.4) is 0 Å². The standard InChI is InChI=1S/C26H25N3O4/c30-23(14-28-24(31)15-29-26(32)22-10-5-11-33-22)27-13-16-12-21-17-6-1-3-8-19(17)25(16)20-9-4-2-7-18(20)21/h1-11,16,21,25H,12-15H2,(H,27,30)(H,28,31)(H,29,32)/t16-,21?,25?/m1/s1. The van der Waals surface area contributed by atoms with Crippen LogP contribution in [0.5, 0.6) is 0 Å². The number of benzene rings is 2. The second-order valence-electron chi connectivity index (χ2n) is 8.52. The first kappa shape index (κ1) is 21.0. The van der Waals surface area contributed by atoms with E-state index in [4.69, 9.17) is 4.42 Å². The summed E-state index contributed by atoms with van der Waals surface area (Å²) in [7, 11) is 0. The Labute approximate surface area is 191 Å². The van der Waals surface area contributed by atoms with Crippen LogP contribution in [-0.4, -0.2) is 37.4 Å². The molecule has 0 unspecified atom stereocenters. The number of carbonyl (C=O) groups is 3. The molecular weight excluding hydrogens is 418 g/mol. The van der Waals surface area contributed by atoms with Gasteiger partial charge in [-0.05, 0) is 46.7 Å². The van der Waals surface area contributed by atoms with Crippen molar-refractivity contribution in [2.24, 2.45) is 5.92 Å². The summed E-state index contributed by atoms with van der Waals surface area (Å²) in [5.41, 5.74) is 5.50. The molecule has 3 N–H and O–H groups in total. The van der Waals surface area contributed by atoms with E-state index >= 15 is 0 Å². The zero-order valence-electron chi connectivity index (χ0n) is 18.0. The van der Waals surface area contributed by atoms with Gasteiger partial charge in [-0.2, -0.15) is 0 Å². The molecule has 0 saturated carbocycles. The average molecular weight is 444 g/mol. The van der Waals surface area contributed by atoms with Crippen molar-refractivity contribution < 1.29 is 18.8 Å². The van der Waals surface area contributed by atoms with Crippen molar-refractivity contribution in [3.05, 3.63) is 94.9 Å². The number of hydrogen-bond acceptors (Lipinski definition) is 4. The Hall–Kier alpha value is -3.87. The first-order valence-electron chi connectivity index (χ1n) is 11.1. The zero-order valence-corrected chi connectivity index (χ0v) is 18.0. The van der Waals surface area contributed by atoms with E-state index in [1.54, 1.807) is 6.07 Å². The van der Waals surface area contributed by atoms with Gasteiger partial charge in [-0.1, -0.05) is 48.5 Å². The van der Waals surface area contributed by atoms with Crippen molar-refractivity contribution in [1.82, 2.24) is 16.0 Å². The third-order valence-electron chi connectivity index (χ3n) is 6.58. The van der Waals surface area contributed by atoms with Crippen LogP contribution >= 0.6 is 0 Å². The van der Waals surface area contributed by atoms with Gasteiger partial charge < -0.3 is 20.4 Å². The maximum atomic E-state index is 12.4. The van der Waals surface area contributed by atoms with Crippen molar-refractivity contribution in [1.29, 1.82) is 0 Å². The number of fused-ring (bicyclic) bond motifs is 1. The highest BCUT2D eigenvalue weighted by molar-refractivity contribution is 5.94.